The van der Waals surface area contributed by atoms with Gasteiger partial charge >= 0.3 is 0 Å². The number of hydrogen-bond donors (Lipinski definition) is 2. The van der Waals surface area contributed by atoms with E-state index in [4.69, 9.17) is 0 Å². The number of phenols is 1. The fourth-order valence-corrected chi connectivity index (χ4v) is 4.40. The van der Waals surface area contributed by atoms with Crippen LogP contribution in [-0.4, -0.2) is 36.6 Å². The maximum absolute atomic E-state index is 13.3. The van der Waals surface area contributed by atoms with Crippen LogP contribution in [0.2, 0.25) is 0 Å². The lowest BCUT2D eigenvalue weighted by molar-refractivity contribution is -0.121. The molecule has 6 nitrogen and oxygen atoms in total. The van der Waals surface area contributed by atoms with Gasteiger partial charge in [-0.3, -0.25) is 4.79 Å². The topological polar surface area (TPSA) is 95.8 Å². The first-order chi connectivity index (χ1) is 10.8. The van der Waals surface area contributed by atoms with Crippen LogP contribution in [0.3, 0.4) is 0 Å². The fraction of sp³-hybridized carbons (Fsp3) is 0.467. The molecule has 0 spiro atoms. The van der Waals surface area contributed by atoms with E-state index in [0.29, 0.717) is 18.6 Å². The number of nitrogens with zero attached hydrogens (tertiary/aromatic N) is 1. The van der Waals surface area contributed by atoms with Gasteiger partial charge in [-0.15, -0.1) is 0 Å². The number of benzene rings is 1. The van der Waals surface area contributed by atoms with Crippen LogP contribution >= 0.6 is 0 Å². The highest BCUT2D eigenvalue weighted by Crippen LogP contribution is 2.22. The van der Waals surface area contributed by atoms with Gasteiger partial charge in [-0.05, 0) is 37.0 Å². The summed E-state index contributed by atoms with van der Waals surface area (Å²) in [4.78, 5) is 11.9. The van der Waals surface area contributed by atoms with E-state index in [1.807, 2.05) is 0 Å². The molecule has 23 heavy (non-hydrogen) atoms. The van der Waals surface area contributed by atoms with E-state index in [-0.39, 0.29) is 35.2 Å². The zero-order chi connectivity index (χ0) is 17.0. The van der Waals surface area contributed by atoms with Crippen molar-refractivity contribution >= 4 is 21.5 Å². The van der Waals surface area contributed by atoms with E-state index >= 15 is 0 Å². The van der Waals surface area contributed by atoms with Crippen LogP contribution in [0.25, 0.3) is 0 Å². The second kappa shape index (κ2) is 7.08. The second-order valence-corrected chi connectivity index (χ2v) is 7.81. The lowest BCUT2D eigenvalue weighted by Gasteiger charge is -2.09. The van der Waals surface area contributed by atoms with Crippen molar-refractivity contribution in [2.24, 2.45) is 11.0 Å². The molecule has 0 unspecified atom stereocenters. The van der Waals surface area contributed by atoms with E-state index in [1.165, 1.54) is 6.07 Å². The van der Waals surface area contributed by atoms with Crippen molar-refractivity contribution in [1.29, 1.82) is 0 Å². The zero-order valence-corrected chi connectivity index (χ0v) is 13.6. The summed E-state index contributed by atoms with van der Waals surface area (Å²) in [7, 11) is -3.02. The summed E-state index contributed by atoms with van der Waals surface area (Å²) >= 11 is 0. The molecule has 1 aromatic carbocycles. The molecule has 1 amide bonds. The number of amides is 1. The minimum absolute atomic E-state index is 0.0233. The summed E-state index contributed by atoms with van der Waals surface area (Å²) in [6.07, 6.45) is 0.939. The van der Waals surface area contributed by atoms with E-state index < -0.39 is 21.6 Å². The van der Waals surface area contributed by atoms with Crippen molar-refractivity contribution in [2.45, 2.75) is 26.2 Å². The molecule has 1 saturated heterocycles. The first-order valence-corrected chi connectivity index (χ1v) is 9.17. The summed E-state index contributed by atoms with van der Waals surface area (Å²) in [5.74, 6) is -1.08. The Kier molecular flexibility index (Phi) is 5.35. The molecule has 8 heteroatoms. The molecular weight excluding hydrogens is 323 g/mol. The average Bonchev–Trinajstić information content (AvgIpc) is 2.82. The van der Waals surface area contributed by atoms with Gasteiger partial charge in [-0.25, -0.2) is 18.2 Å². The van der Waals surface area contributed by atoms with Gasteiger partial charge in [0.2, 0.25) is 5.91 Å². The Bertz CT molecular complexity index is 731. The van der Waals surface area contributed by atoms with Crippen molar-refractivity contribution in [3.8, 4) is 5.75 Å². The van der Waals surface area contributed by atoms with Crippen LogP contribution in [0.4, 0.5) is 4.39 Å². The summed E-state index contributed by atoms with van der Waals surface area (Å²) in [6.45, 7) is 1.76. The third kappa shape index (κ3) is 4.75. The Balaban J connectivity index is 2.02. The smallest absolute Gasteiger partial charge is 0.240 e. The highest BCUT2D eigenvalue weighted by Gasteiger charge is 2.29. The Morgan fingerprint density at radius 2 is 2.22 bits per heavy atom. The van der Waals surface area contributed by atoms with E-state index in [0.717, 1.165) is 12.1 Å². The Morgan fingerprint density at radius 3 is 2.83 bits per heavy atom. The molecule has 0 aromatic heterocycles. The minimum atomic E-state index is -3.02. The molecule has 0 saturated carbocycles. The van der Waals surface area contributed by atoms with E-state index in [9.17, 15) is 22.7 Å². The van der Waals surface area contributed by atoms with Crippen molar-refractivity contribution in [3.05, 3.63) is 29.6 Å². The van der Waals surface area contributed by atoms with Gasteiger partial charge in [0.25, 0.3) is 0 Å². The fourth-order valence-electron chi connectivity index (χ4n) is 2.54. The number of carbonyl (C=O) groups excluding carboxylic acids is 1. The lowest BCUT2D eigenvalue weighted by Crippen LogP contribution is -2.23. The van der Waals surface area contributed by atoms with Gasteiger partial charge in [0.1, 0.15) is 11.6 Å². The third-order valence-corrected chi connectivity index (χ3v) is 5.56. The van der Waals surface area contributed by atoms with Crippen molar-refractivity contribution in [2.75, 3.05) is 11.5 Å². The monoisotopic (exact) mass is 342 g/mol. The Labute approximate surface area is 134 Å². The summed E-state index contributed by atoms with van der Waals surface area (Å²) in [6, 6.07) is 3.50. The van der Waals surface area contributed by atoms with Crippen molar-refractivity contribution < 1.29 is 22.7 Å². The number of phenolic OH excluding ortho intramolecular Hbond substituents is 1. The van der Waals surface area contributed by atoms with E-state index in [2.05, 4.69) is 10.5 Å². The quantitative estimate of drug-likeness (QED) is 0.627. The summed E-state index contributed by atoms with van der Waals surface area (Å²) < 4.78 is 36.0. The highest BCUT2D eigenvalue weighted by atomic mass is 32.2. The molecular formula is C15H19FN2O4S. The van der Waals surface area contributed by atoms with Gasteiger partial charge in [-0.1, -0.05) is 6.92 Å². The summed E-state index contributed by atoms with van der Waals surface area (Å²) in [5.41, 5.74) is 2.91. The predicted octanol–water partition coefficient (Wildman–Crippen LogP) is 1.59. The maximum Gasteiger partial charge on any atom is 0.240 e. The molecule has 0 bridgehead atoms. The van der Waals surface area contributed by atoms with Gasteiger partial charge in [0.05, 0.1) is 17.2 Å². The lowest BCUT2D eigenvalue weighted by atomic mass is 10.1. The van der Waals surface area contributed by atoms with Crippen LogP contribution in [0.1, 0.15) is 31.7 Å². The van der Waals surface area contributed by atoms with Crippen LogP contribution in [-0.2, 0) is 14.6 Å². The molecule has 1 fully saturated rings. The van der Waals surface area contributed by atoms with Crippen LogP contribution in [0.15, 0.2) is 23.3 Å². The van der Waals surface area contributed by atoms with Crippen molar-refractivity contribution in [1.82, 2.24) is 5.43 Å². The van der Waals surface area contributed by atoms with Gasteiger partial charge in [0.15, 0.2) is 9.84 Å². The molecule has 1 aromatic rings. The van der Waals surface area contributed by atoms with Crippen LogP contribution in [0, 0.1) is 11.7 Å². The normalized spacial score (nSPS) is 20.4. The molecule has 0 aliphatic carbocycles. The van der Waals surface area contributed by atoms with Gasteiger partial charge in [0, 0.05) is 12.0 Å². The molecule has 2 N–H and O–H groups in total. The summed E-state index contributed by atoms with van der Waals surface area (Å²) in [5, 5.41) is 13.7. The highest BCUT2D eigenvalue weighted by molar-refractivity contribution is 7.91. The van der Waals surface area contributed by atoms with E-state index in [1.54, 1.807) is 6.92 Å². The number of carbonyl (C=O) groups is 1. The zero-order valence-electron chi connectivity index (χ0n) is 12.8. The number of aromatic hydroxyl groups is 1. The number of sulfone groups is 1. The number of hydrogen-bond acceptors (Lipinski definition) is 5. The van der Waals surface area contributed by atoms with Crippen LogP contribution in [0.5, 0.6) is 5.75 Å². The first-order valence-electron chi connectivity index (χ1n) is 7.35. The molecule has 1 aliphatic rings. The minimum Gasteiger partial charge on any atom is -0.507 e. The number of rotatable bonds is 5. The number of halogens is 1. The largest absolute Gasteiger partial charge is 0.507 e. The molecule has 1 atom stereocenters. The second-order valence-electron chi connectivity index (χ2n) is 5.58. The molecule has 1 heterocycles. The average molecular weight is 342 g/mol. The predicted molar refractivity (Wildman–Crippen MR) is 84.4 cm³/mol. The third-order valence-electron chi connectivity index (χ3n) is 3.72. The number of hydrazone groups is 1. The maximum atomic E-state index is 13.3. The molecule has 0 radical (unpaired) electrons. The first kappa shape index (κ1) is 17.4. The van der Waals surface area contributed by atoms with Crippen LogP contribution < -0.4 is 5.43 Å². The standard InChI is InChI=1S/C15H19FN2O4S/c1-2-13(12-8-11(16)3-4-14(12)19)17-18-15(20)7-10-5-6-23(21,22)9-10/h3-4,8,10,19H,2,5-7,9H2,1H3,(H,18,20)/b17-13+/t10-/m0/s1. The van der Waals surface area contributed by atoms with Crippen molar-refractivity contribution in [3.63, 3.8) is 0 Å². The Morgan fingerprint density at radius 1 is 1.48 bits per heavy atom. The molecule has 126 valence electrons. The van der Waals surface area contributed by atoms with Gasteiger partial charge < -0.3 is 5.11 Å². The Hall–Kier alpha value is -1.96. The number of nitrogens with one attached hydrogen (secondary N) is 1. The SMILES string of the molecule is CC/C(=N\NC(=O)C[C@@H]1CCS(=O)(=O)C1)c1cc(F)ccc1O. The molecule has 2 rings (SSSR count). The van der Waals surface area contributed by atoms with Gasteiger partial charge in [-0.2, -0.15) is 5.10 Å². The molecule has 1 aliphatic heterocycles.